The molecule has 0 unspecified atom stereocenters. The lowest BCUT2D eigenvalue weighted by Gasteiger charge is -2.32. The monoisotopic (exact) mass is 360 g/mol. The van der Waals surface area contributed by atoms with E-state index in [0.29, 0.717) is 22.1 Å². The van der Waals surface area contributed by atoms with Crippen LogP contribution in [0, 0.1) is 0 Å². The average molecular weight is 361 g/mol. The first-order valence-electron chi connectivity index (χ1n) is 8.00. The van der Waals surface area contributed by atoms with Crippen LogP contribution in [0.3, 0.4) is 0 Å². The molecule has 0 radical (unpaired) electrons. The highest BCUT2D eigenvalue weighted by molar-refractivity contribution is 6.31. The number of halogens is 1. The highest BCUT2D eigenvalue weighted by Crippen LogP contribution is 2.51. The molecule has 130 valence electrons. The summed E-state index contributed by atoms with van der Waals surface area (Å²) in [6, 6.07) is 5.02. The summed E-state index contributed by atoms with van der Waals surface area (Å²) in [6.07, 6.45) is -0.123. The number of carbonyl (C=O) groups excluding carboxylic acids is 2. The highest BCUT2D eigenvalue weighted by atomic mass is 35.5. The van der Waals surface area contributed by atoms with Crippen molar-refractivity contribution in [3.8, 4) is 0 Å². The number of anilines is 2. The Kier molecular flexibility index (Phi) is 3.18. The number of hydrogen-bond acceptors (Lipinski definition) is 3. The largest absolute Gasteiger partial charge is 0.314 e. The Hall–Kier alpha value is -2.54. The molecule has 25 heavy (non-hydrogen) atoms. The molecule has 2 aliphatic rings. The SMILES string of the molecule is CC(C)n1[nH]c(=O)c2c1NC(=O)C[C@]21C(=O)N(C)c2ccc(Cl)cc21. The number of aromatic nitrogens is 2. The van der Waals surface area contributed by atoms with Gasteiger partial charge >= 0.3 is 0 Å². The average Bonchev–Trinajstić information content (AvgIpc) is 2.97. The van der Waals surface area contributed by atoms with Gasteiger partial charge in [-0.15, -0.1) is 0 Å². The number of carbonyl (C=O) groups is 2. The fourth-order valence-corrected chi connectivity index (χ4v) is 4.10. The smallest absolute Gasteiger partial charge is 0.270 e. The van der Waals surface area contributed by atoms with Crippen molar-refractivity contribution in [3.05, 3.63) is 44.7 Å². The van der Waals surface area contributed by atoms with Crippen molar-refractivity contribution in [1.29, 1.82) is 0 Å². The maximum Gasteiger partial charge on any atom is 0.270 e. The van der Waals surface area contributed by atoms with Crippen molar-refractivity contribution in [2.24, 2.45) is 0 Å². The molecule has 4 rings (SSSR count). The third-order valence-corrected chi connectivity index (χ3v) is 5.24. The fraction of sp³-hybridized carbons (Fsp3) is 0.353. The van der Waals surface area contributed by atoms with E-state index < -0.39 is 5.41 Å². The third kappa shape index (κ3) is 1.90. The van der Waals surface area contributed by atoms with E-state index in [1.54, 1.807) is 29.9 Å². The minimum absolute atomic E-state index is 0.0834. The summed E-state index contributed by atoms with van der Waals surface area (Å²) in [7, 11) is 1.64. The molecule has 1 atom stereocenters. The van der Waals surface area contributed by atoms with Crippen LogP contribution in [0.4, 0.5) is 11.5 Å². The van der Waals surface area contributed by atoms with Crippen molar-refractivity contribution in [2.75, 3.05) is 17.3 Å². The Balaban J connectivity index is 2.12. The fourth-order valence-electron chi connectivity index (χ4n) is 3.93. The summed E-state index contributed by atoms with van der Waals surface area (Å²) in [5.41, 5.74) is -0.195. The van der Waals surface area contributed by atoms with Crippen molar-refractivity contribution in [3.63, 3.8) is 0 Å². The molecule has 1 spiro atoms. The van der Waals surface area contributed by atoms with Crippen LogP contribution in [-0.2, 0) is 15.0 Å². The van der Waals surface area contributed by atoms with Crippen molar-refractivity contribution >= 4 is 34.9 Å². The Morgan fingerprint density at radius 2 is 1.96 bits per heavy atom. The second-order valence-corrected chi connectivity index (χ2v) is 7.22. The van der Waals surface area contributed by atoms with Crippen LogP contribution in [0.15, 0.2) is 23.0 Å². The minimum atomic E-state index is -1.35. The molecule has 2 aliphatic heterocycles. The molecular formula is C17H17ClN4O3. The summed E-state index contributed by atoms with van der Waals surface area (Å²) in [5, 5.41) is 5.95. The zero-order valence-corrected chi connectivity index (χ0v) is 14.8. The number of rotatable bonds is 1. The molecule has 1 aromatic heterocycles. The molecule has 1 aromatic carbocycles. The van der Waals surface area contributed by atoms with Crippen molar-refractivity contribution in [1.82, 2.24) is 9.78 Å². The lowest BCUT2D eigenvalue weighted by molar-refractivity contribution is -0.126. The van der Waals surface area contributed by atoms with Crippen molar-refractivity contribution in [2.45, 2.75) is 31.7 Å². The van der Waals surface area contributed by atoms with E-state index in [2.05, 4.69) is 10.4 Å². The van der Waals surface area contributed by atoms with Crippen LogP contribution in [-0.4, -0.2) is 28.6 Å². The number of fused-ring (bicyclic) bond motifs is 4. The second-order valence-electron chi connectivity index (χ2n) is 6.78. The molecule has 3 heterocycles. The first kappa shape index (κ1) is 16.0. The molecule has 2 N–H and O–H groups in total. The van der Waals surface area contributed by atoms with Gasteiger partial charge in [-0.3, -0.25) is 24.2 Å². The van der Waals surface area contributed by atoms with E-state index in [4.69, 9.17) is 11.6 Å². The van der Waals surface area contributed by atoms with Gasteiger partial charge in [-0.25, -0.2) is 0 Å². The normalized spacial score (nSPS) is 21.7. The molecule has 0 aliphatic carbocycles. The summed E-state index contributed by atoms with van der Waals surface area (Å²) < 4.78 is 1.59. The molecule has 0 bridgehead atoms. The van der Waals surface area contributed by atoms with Crippen LogP contribution >= 0.6 is 11.6 Å². The van der Waals surface area contributed by atoms with Gasteiger partial charge in [0, 0.05) is 23.8 Å². The predicted octanol–water partition coefficient (Wildman–Crippen LogP) is 2.02. The van der Waals surface area contributed by atoms with Gasteiger partial charge in [0.1, 0.15) is 11.2 Å². The molecule has 0 saturated carbocycles. The molecule has 7 nitrogen and oxygen atoms in total. The number of amides is 2. The van der Waals surface area contributed by atoms with Crippen LogP contribution in [0.25, 0.3) is 0 Å². The van der Waals surface area contributed by atoms with E-state index >= 15 is 0 Å². The summed E-state index contributed by atoms with van der Waals surface area (Å²) in [4.78, 5) is 40.0. The molecule has 8 heteroatoms. The quantitative estimate of drug-likeness (QED) is 0.815. The van der Waals surface area contributed by atoms with Gasteiger partial charge in [0.15, 0.2) is 0 Å². The molecular weight excluding hydrogens is 344 g/mol. The minimum Gasteiger partial charge on any atom is -0.314 e. The number of nitrogens with zero attached hydrogens (tertiary/aromatic N) is 2. The highest BCUT2D eigenvalue weighted by Gasteiger charge is 2.57. The maximum absolute atomic E-state index is 13.2. The van der Waals surface area contributed by atoms with E-state index in [-0.39, 0.29) is 35.4 Å². The summed E-state index contributed by atoms with van der Waals surface area (Å²) in [6.45, 7) is 3.77. The standard InChI is InChI=1S/C17H17ClN4O3/c1-8(2)22-14-13(15(24)20-22)17(7-12(23)19-14)10-6-9(18)4-5-11(10)21(3)16(17)25/h4-6,8H,7H2,1-3H3,(H,19,23)(H,20,24)/t17-/m1/s1. The Bertz CT molecular complexity index is 990. The Morgan fingerprint density at radius 1 is 1.24 bits per heavy atom. The summed E-state index contributed by atoms with van der Waals surface area (Å²) in [5.74, 6) is -0.255. The maximum atomic E-state index is 13.2. The summed E-state index contributed by atoms with van der Waals surface area (Å²) >= 11 is 6.16. The van der Waals surface area contributed by atoms with E-state index in [0.717, 1.165) is 0 Å². The van der Waals surface area contributed by atoms with Gasteiger partial charge in [-0.05, 0) is 37.6 Å². The van der Waals surface area contributed by atoms with Crippen LogP contribution in [0.1, 0.15) is 37.4 Å². The number of benzene rings is 1. The van der Waals surface area contributed by atoms with Gasteiger partial charge in [0.2, 0.25) is 11.8 Å². The molecule has 2 aromatic rings. The zero-order valence-electron chi connectivity index (χ0n) is 14.0. The van der Waals surface area contributed by atoms with Crippen LogP contribution in [0.5, 0.6) is 0 Å². The number of H-pyrrole nitrogens is 1. The van der Waals surface area contributed by atoms with Crippen LogP contribution < -0.4 is 15.8 Å². The Labute approximate surface area is 148 Å². The van der Waals surface area contributed by atoms with Crippen LogP contribution in [0.2, 0.25) is 5.02 Å². The van der Waals surface area contributed by atoms with E-state index in [9.17, 15) is 14.4 Å². The molecule has 2 amide bonds. The van der Waals surface area contributed by atoms with Crippen molar-refractivity contribution < 1.29 is 9.59 Å². The van der Waals surface area contributed by atoms with Gasteiger partial charge < -0.3 is 10.2 Å². The number of aromatic amines is 1. The van der Waals surface area contributed by atoms with Gasteiger partial charge in [0.25, 0.3) is 5.56 Å². The number of hydrogen-bond donors (Lipinski definition) is 2. The lowest BCUT2D eigenvalue weighted by Crippen LogP contribution is -2.47. The van der Waals surface area contributed by atoms with Gasteiger partial charge in [0.05, 0.1) is 12.0 Å². The van der Waals surface area contributed by atoms with Gasteiger partial charge in [-0.2, -0.15) is 0 Å². The topological polar surface area (TPSA) is 87.2 Å². The number of nitrogens with one attached hydrogen (secondary N) is 2. The predicted molar refractivity (Wildman–Crippen MR) is 94.3 cm³/mol. The van der Waals surface area contributed by atoms with E-state index in [1.807, 2.05) is 13.8 Å². The van der Waals surface area contributed by atoms with E-state index in [1.165, 1.54) is 4.90 Å². The first-order chi connectivity index (χ1) is 11.8. The molecule has 0 fully saturated rings. The number of likely N-dealkylation sites (N-methyl/N-ethyl adjacent to an activating group) is 1. The Morgan fingerprint density at radius 3 is 2.64 bits per heavy atom. The second kappa shape index (κ2) is 4.98. The third-order valence-electron chi connectivity index (χ3n) is 5.00. The van der Waals surface area contributed by atoms with Gasteiger partial charge in [-0.1, -0.05) is 11.6 Å². The first-order valence-corrected chi connectivity index (χ1v) is 8.38. The molecule has 0 saturated heterocycles. The lowest BCUT2D eigenvalue weighted by atomic mass is 9.71. The zero-order chi connectivity index (χ0) is 18.1.